The van der Waals surface area contributed by atoms with Crippen molar-refractivity contribution in [3.8, 4) is 0 Å². The zero-order valence-electron chi connectivity index (χ0n) is 14.2. The molecule has 0 aromatic rings. The number of hydrogen-bond donors (Lipinski definition) is 4. The summed E-state index contributed by atoms with van der Waals surface area (Å²) in [5.74, 6) is -2.33. The molecule has 0 saturated heterocycles. The quantitative estimate of drug-likeness (QED) is 0.0657. The smallest absolute Gasteiger partial charge is 0.457 e. The molecule has 0 aliphatic heterocycles. The molecule has 0 fully saturated rings. The standard InChI is InChI=1S/4C2H5NO.F6P.2H2O.2Rh/c4*1-2(3)4;1-7(2,3,4,5)6;;;;/h4*1H3,(H2,3,4);;2*1H2;;/q;;;;-1;;;+2;+3/p-2. The van der Waals surface area contributed by atoms with Gasteiger partial charge in [0, 0.05) is 0 Å². The van der Waals surface area contributed by atoms with Crippen molar-refractivity contribution in [2.45, 2.75) is 27.7 Å². The Morgan fingerprint density at radius 3 is 0.556 bits per heavy atom. The first-order valence-corrected chi connectivity index (χ1v) is 6.86. The van der Waals surface area contributed by atoms with Crippen molar-refractivity contribution in [1.82, 2.24) is 0 Å². The van der Waals surface area contributed by atoms with E-state index >= 15 is 0 Å². The molecule has 1 radical (unpaired) electrons. The van der Waals surface area contributed by atoms with Crippen LogP contribution < -0.4 is 20.4 Å². The van der Waals surface area contributed by atoms with Crippen molar-refractivity contribution >= 4 is 31.4 Å². The fourth-order valence-corrected chi connectivity index (χ4v) is 0. The van der Waals surface area contributed by atoms with Gasteiger partial charge >= 0.3 is 71.9 Å². The molecule has 19 heteroatoms. The summed E-state index contributed by atoms with van der Waals surface area (Å²) in [6, 6.07) is 0. The predicted octanol–water partition coefficient (Wildman–Crippen LogP) is -1.09. The monoisotopic (exact) mass is 621 g/mol. The second kappa shape index (κ2) is 21.4. The van der Waals surface area contributed by atoms with E-state index in [1.165, 1.54) is 27.7 Å². The van der Waals surface area contributed by atoms with Crippen LogP contribution in [0.2, 0.25) is 0 Å². The van der Waals surface area contributed by atoms with Crippen LogP contribution in [0.5, 0.6) is 0 Å². The average molecular weight is 621 g/mol. The van der Waals surface area contributed by atoms with Gasteiger partial charge in [0.05, 0.1) is 0 Å². The molecule has 0 aliphatic carbocycles. The van der Waals surface area contributed by atoms with Gasteiger partial charge in [0.25, 0.3) is 0 Å². The first-order valence-electron chi connectivity index (χ1n) is 4.83. The molecule has 27 heavy (non-hydrogen) atoms. The molecule has 0 amide bonds. The average Bonchev–Trinajstić information content (AvgIpc) is 1.88. The van der Waals surface area contributed by atoms with E-state index in [1.54, 1.807) is 0 Å². The summed E-state index contributed by atoms with van der Waals surface area (Å²) in [4.78, 5) is 0. The van der Waals surface area contributed by atoms with Crippen LogP contribution in [0.15, 0.2) is 0 Å². The summed E-state index contributed by atoms with van der Waals surface area (Å²) in [6.45, 7) is 4.78. The Hall–Kier alpha value is -0.943. The number of nitrogens with one attached hydrogen (secondary N) is 4. The minimum absolute atomic E-state index is 0. The third-order valence-electron chi connectivity index (χ3n) is 0. The number of rotatable bonds is 0. The maximum atomic E-state index is 9.87. The second-order valence-corrected chi connectivity index (χ2v) is 5.10. The fourth-order valence-electron chi connectivity index (χ4n) is 0. The molecule has 0 aromatic carbocycles. The van der Waals surface area contributed by atoms with Crippen LogP contribution in [0.4, 0.5) is 25.2 Å². The van der Waals surface area contributed by atoms with Crippen molar-refractivity contribution in [3.63, 3.8) is 0 Å². The van der Waals surface area contributed by atoms with Gasteiger partial charge in [0.15, 0.2) is 0 Å². The van der Waals surface area contributed by atoms with Crippen LogP contribution >= 0.6 is 7.81 Å². The zero-order valence-corrected chi connectivity index (χ0v) is 18.3. The Labute approximate surface area is 176 Å². The van der Waals surface area contributed by atoms with E-state index in [0.29, 0.717) is 0 Å². The van der Waals surface area contributed by atoms with Crippen molar-refractivity contribution in [3.05, 3.63) is 0 Å². The normalized spacial score (nSPS) is 9.70. The van der Waals surface area contributed by atoms with E-state index in [1.807, 2.05) is 0 Å². The molecule has 0 spiro atoms. The molecule has 10 N–H and O–H groups in total. The van der Waals surface area contributed by atoms with Gasteiger partial charge in [0.1, 0.15) is 0 Å². The summed E-state index contributed by atoms with van der Waals surface area (Å²) < 4.78 is 59.2. The van der Waals surface area contributed by atoms with E-state index < -0.39 is 31.4 Å². The molecule has 0 aliphatic rings. The molecule has 10 nitrogen and oxygen atoms in total. The summed E-state index contributed by atoms with van der Waals surface area (Å²) in [5.41, 5.74) is 0. The van der Waals surface area contributed by atoms with Gasteiger partial charge in [0.2, 0.25) is 0 Å². The van der Waals surface area contributed by atoms with Crippen molar-refractivity contribution in [2.75, 3.05) is 0 Å². The Balaban J connectivity index is -0.0000000211. The van der Waals surface area contributed by atoms with E-state index in [2.05, 4.69) is 0 Å². The van der Waals surface area contributed by atoms with Gasteiger partial charge in [-0.05, 0) is 51.3 Å². The maximum absolute atomic E-state index is 10.7. The molecule has 0 saturated carbocycles. The van der Waals surface area contributed by atoms with Crippen molar-refractivity contribution < 1.29 is 95.5 Å². The summed E-state index contributed by atoms with van der Waals surface area (Å²) in [7, 11) is -10.7. The Bertz CT molecular complexity index is 337. The predicted molar refractivity (Wildman–Crippen MR) is 76.9 cm³/mol. The van der Waals surface area contributed by atoms with Crippen LogP contribution in [0.25, 0.3) is 0 Å². The first kappa shape index (κ1) is 56.2. The maximum Gasteiger partial charge on any atom is 3.00 e. The molecule has 0 atom stereocenters. The van der Waals surface area contributed by atoms with Crippen LogP contribution in [0.1, 0.15) is 27.7 Å². The van der Waals surface area contributed by atoms with E-state index in [4.69, 9.17) is 42.1 Å². The van der Waals surface area contributed by atoms with Gasteiger partial charge in [-0.15, -0.1) is 0 Å². The molecule has 0 unspecified atom stereocenters. The fraction of sp³-hybridized carbons (Fsp3) is 0.500. The van der Waals surface area contributed by atoms with Crippen molar-refractivity contribution in [1.29, 1.82) is 21.6 Å². The third-order valence-corrected chi connectivity index (χ3v) is 0. The van der Waals surface area contributed by atoms with E-state index in [-0.39, 0.29) is 49.9 Å². The molecular weight excluding hydrogens is 599 g/mol. The SMILES string of the molecule is CC(=N)[O-].CC(=N)[O-].CC(=N)[O-].CC(=N)[O-].F[P-](F)(F)(F)(F)F.[OH3+].[OH3+].[Rh+2].[Rh+3]. The zero-order chi connectivity index (χ0) is 20.7. The van der Waals surface area contributed by atoms with Crippen molar-refractivity contribution in [2.24, 2.45) is 0 Å². The summed E-state index contributed by atoms with van der Waals surface area (Å²) in [5, 5.41) is 60.2. The van der Waals surface area contributed by atoms with Crippen LogP contribution in [-0.2, 0) is 49.9 Å². The second-order valence-electron chi connectivity index (χ2n) is 3.18. The molecule has 0 aromatic heterocycles. The summed E-state index contributed by atoms with van der Waals surface area (Å²) >= 11 is 0. The molecule has 173 valence electrons. The number of halogens is 6. The van der Waals surface area contributed by atoms with Crippen LogP contribution in [0, 0.1) is 21.6 Å². The van der Waals surface area contributed by atoms with Gasteiger partial charge in [-0.1, -0.05) is 0 Å². The Kier molecular flexibility index (Phi) is 44.5. The van der Waals surface area contributed by atoms with Gasteiger partial charge < -0.3 is 53.0 Å². The minimum atomic E-state index is -10.7. The minimum Gasteiger partial charge on any atom is -0.457 e. The molecular formula is C8H22F6N4O6PRh2+2. The van der Waals surface area contributed by atoms with Gasteiger partial charge in [-0.25, -0.2) is 0 Å². The summed E-state index contributed by atoms with van der Waals surface area (Å²) in [6.07, 6.45) is 0. The Morgan fingerprint density at radius 1 is 0.556 bits per heavy atom. The first-order chi connectivity index (χ1) is 9.38. The Morgan fingerprint density at radius 2 is 0.556 bits per heavy atom. The van der Waals surface area contributed by atoms with E-state index in [0.717, 1.165) is 0 Å². The largest absolute Gasteiger partial charge is 3.00 e. The molecule has 0 rings (SSSR count). The van der Waals surface area contributed by atoms with Crippen LogP contribution in [0.3, 0.4) is 0 Å². The third kappa shape index (κ3) is 15000. The number of hydrogen-bond acceptors (Lipinski definition) is 8. The van der Waals surface area contributed by atoms with E-state index in [9.17, 15) is 25.2 Å². The molecule has 0 bridgehead atoms. The molecule has 0 heterocycles. The van der Waals surface area contributed by atoms with Gasteiger partial charge in [-0.3, -0.25) is 0 Å². The van der Waals surface area contributed by atoms with Gasteiger partial charge in [-0.2, -0.15) is 0 Å². The topological polar surface area (TPSA) is 254 Å². The van der Waals surface area contributed by atoms with Crippen LogP contribution in [-0.4, -0.2) is 23.6 Å².